The molecule has 1 aromatic rings. The van der Waals surface area contributed by atoms with Gasteiger partial charge in [-0.3, -0.25) is 4.99 Å². The van der Waals surface area contributed by atoms with Gasteiger partial charge in [-0.15, -0.1) is 0 Å². The van der Waals surface area contributed by atoms with Crippen LogP contribution in [0.15, 0.2) is 23.5 Å². The van der Waals surface area contributed by atoms with E-state index >= 15 is 0 Å². The van der Waals surface area contributed by atoms with Crippen LogP contribution in [0.1, 0.15) is 25.3 Å². The van der Waals surface area contributed by atoms with E-state index in [2.05, 4.69) is 27.4 Å². The Kier molecular flexibility index (Phi) is 3.86. The predicted molar refractivity (Wildman–Crippen MR) is 64.4 cm³/mol. The van der Waals surface area contributed by atoms with Gasteiger partial charge in [-0.1, -0.05) is 6.92 Å². The first-order valence-corrected chi connectivity index (χ1v) is 5.90. The van der Waals surface area contributed by atoms with Crippen LogP contribution in [0.3, 0.4) is 0 Å². The summed E-state index contributed by atoms with van der Waals surface area (Å²) in [6, 6.07) is 2.01. The first kappa shape index (κ1) is 11.0. The number of rotatable bonds is 3. The van der Waals surface area contributed by atoms with Gasteiger partial charge in [0.1, 0.15) is 0 Å². The predicted octanol–water partition coefficient (Wildman–Crippen LogP) is 1.44. The van der Waals surface area contributed by atoms with Gasteiger partial charge >= 0.3 is 0 Å². The van der Waals surface area contributed by atoms with Crippen LogP contribution in [0.25, 0.3) is 0 Å². The molecular weight excluding hydrogens is 200 g/mol. The molecule has 0 saturated carbocycles. The van der Waals surface area contributed by atoms with Gasteiger partial charge in [-0.25, -0.2) is 0 Å². The standard InChI is InChI=1S/C12H18N4/c1-10(8-11-4-7-15-16-9-11)12-13-5-2-3-6-14-12/h4,7,9-10H,2-3,5-6,8H2,1H3,(H,13,14)/t10-/m0/s1. The summed E-state index contributed by atoms with van der Waals surface area (Å²) in [5, 5.41) is 11.1. The van der Waals surface area contributed by atoms with Crippen molar-refractivity contribution in [2.24, 2.45) is 10.9 Å². The molecule has 1 aliphatic rings. The van der Waals surface area contributed by atoms with Crippen molar-refractivity contribution in [1.29, 1.82) is 0 Å². The van der Waals surface area contributed by atoms with Gasteiger partial charge in [0.25, 0.3) is 0 Å². The number of nitrogens with one attached hydrogen (secondary N) is 1. The summed E-state index contributed by atoms with van der Waals surface area (Å²) >= 11 is 0. The molecule has 1 aromatic heterocycles. The fourth-order valence-corrected chi connectivity index (χ4v) is 1.93. The van der Waals surface area contributed by atoms with Crippen molar-refractivity contribution in [2.75, 3.05) is 13.1 Å². The fourth-order valence-electron chi connectivity index (χ4n) is 1.93. The minimum atomic E-state index is 0.433. The highest BCUT2D eigenvalue weighted by molar-refractivity contribution is 5.84. The van der Waals surface area contributed by atoms with Gasteiger partial charge in [-0.05, 0) is 30.9 Å². The maximum absolute atomic E-state index is 4.59. The van der Waals surface area contributed by atoms with Crippen LogP contribution in [0, 0.1) is 5.92 Å². The molecule has 0 spiro atoms. The maximum Gasteiger partial charge on any atom is 0.0994 e. The highest BCUT2D eigenvalue weighted by Gasteiger charge is 2.12. The third-order valence-corrected chi connectivity index (χ3v) is 2.83. The molecule has 0 aliphatic carbocycles. The van der Waals surface area contributed by atoms with E-state index in [1.165, 1.54) is 18.4 Å². The molecule has 2 heterocycles. The Morgan fingerprint density at radius 3 is 3.12 bits per heavy atom. The van der Waals surface area contributed by atoms with E-state index in [4.69, 9.17) is 0 Å². The number of aliphatic imine (C=N–C) groups is 1. The highest BCUT2D eigenvalue weighted by Crippen LogP contribution is 2.09. The van der Waals surface area contributed by atoms with Gasteiger partial charge in [0, 0.05) is 25.2 Å². The second kappa shape index (κ2) is 5.58. The molecule has 1 atom stereocenters. The van der Waals surface area contributed by atoms with Crippen molar-refractivity contribution in [3.05, 3.63) is 24.0 Å². The van der Waals surface area contributed by atoms with Crippen LogP contribution in [-0.2, 0) is 6.42 Å². The normalized spacial score (nSPS) is 18.2. The summed E-state index contributed by atoms with van der Waals surface area (Å²) in [6.45, 7) is 4.22. The summed E-state index contributed by atoms with van der Waals surface area (Å²) in [7, 11) is 0. The maximum atomic E-state index is 4.59. The van der Waals surface area contributed by atoms with Crippen LogP contribution >= 0.6 is 0 Å². The summed E-state index contributed by atoms with van der Waals surface area (Å²) < 4.78 is 0. The number of hydrogen-bond acceptors (Lipinski definition) is 4. The van der Waals surface area contributed by atoms with Crippen molar-refractivity contribution >= 4 is 5.84 Å². The van der Waals surface area contributed by atoms with Crippen molar-refractivity contribution in [3.63, 3.8) is 0 Å². The number of aromatic nitrogens is 2. The zero-order valence-corrected chi connectivity index (χ0v) is 9.69. The van der Waals surface area contributed by atoms with Gasteiger partial charge in [0.05, 0.1) is 12.0 Å². The quantitative estimate of drug-likeness (QED) is 0.835. The Labute approximate surface area is 96.2 Å². The summed E-state index contributed by atoms with van der Waals surface area (Å²) in [5.74, 6) is 1.58. The van der Waals surface area contributed by atoms with Crippen molar-refractivity contribution < 1.29 is 0 Å². The average molecular weight is 218 g/mol. The number of nitrogens with zero attached hydrogens (tertiary/aromatic N) is 3. The molecule has 1 N–H and O–H groups in total. The van der Waals surface area contributed by atoms with Crippen LogP contribution in [0.2, 0.25) is 0 Å². The minimum absolute atomic E-state index is 0.433. The Morgan fingerprint density at radius 1 is 1.38 bits per heavy atom. The molecule has 0 bridgehead atoms. The van der Waals surface area contributed by atoms with E-state index in [1.807, 2.05) is 12.3 Å². The topological polar surface area (TPSA) is 50.2 Å². The second-order valence-corrected chi connectivity index (χ2v) is 4.26. The first-order chi connectivity index (χ1) is 7.86. The third kappa shape index (κ3) is 3.02. The Bertz CT molecular complexity index is 347. The van der Waals surface area contributed by atoms with Crippen LogP contribution in [0.5, 0.6) is 0 Å². The molecule has 4 nitrogen and oxygen atoms in total. The summed E-state index contributed by atoms with van der Waals surface area (Å²) in [6.07, 6.45) is 6.95. The molecule has 0 fully saturated rings. The van der Waals surface area contributed by atoms with E-state index in [0.29, 0.717) is 5.92 Å². The van der Waals surface area contributed by atoms with Gasteiger partial charge in [0.2, 0.25) is 0 Å². The Morgan fingerprint density at radius 2 is 2.31 bits per heavy atom. The monoisotopic (exact) mass is 218 g/mol. The zero-order chi connectivity index (χ0) is 11.2. The molecular formula is C12H18N4. The van der Waals surface area contributed by atoms with Crippen LogP contribution in [-0.4, -0.2) is 29.1 Å². The van der Waals surface area contributed by atoms with Crippen LogP contribution < -0.4 is 5.32 Å². The van der Waals surface area contributed by atoms with Crippen LogP contribution in [0.4, 0.5) is 0 Å². The highest BCUT2D eigenvalue weighted by atomic mass is 15.1. The molecule has 0 amide bonds. The minimum Gasteiger partial charge on any atom is -0.374 e. The molecule has 0 aromatic carbocycles. The van der Waals surface area contributed by atoms with Crippen molar-refractivity contribution in [3.8, 4) is 0 Å². The smallest absolute Gasteiger partial charge is 0.0994 e. The van der Waals surface area contributed by atoms with E-state index in [-0.39, 0.29) is 0 Å². The molecule has 2 rings (SSSR count). The van der Waals surface area contributed by atoms with E-state index < -0.39 is 0 Å². The van der Waals surface area contributed by atoms with Gasteiger partial charge < -0.3 is 5.32 Å². The van der Waals surface area contributed by atoms with E-state index in [1.54, 1.807) is 6.20 Å². The lowest BCUT2D eigenvalue weighted by Gasteiger charge is -2.14. The Hall–Kier alpha value is -1.45. The Balaban J connectivity index is 1.97. The summed E-state index contributed by atoms with van der Waals surface area (Å²) in [4.78, 5) is 4.59. The molecule has 16 heavy (non-hydrogen) atoms. The summed E-state index contributed by atoms with van der Waals surface area (Å²) in [5.41, 5.74) is 1.22. The number of hydrogen-bond donors (Lipinski definition) is 1. The number of amidine groups is 1. The average Bonchev–Trinajstić information content (AvgIpc) is 2.59. The van der Waals surface area contributed by atoms with Crippen molar-refractivity contribution in [1.82, 2.24) is 15.5 Å². The molecule has 1 aliphatic heterocycles. The third-order valence-electron chi connectivity index (χ3n) is 2.83. The SMILES string of the molecule is C[C@@H](Cc1ccnnc1)C1=NCCCCN1. The molecule has 0 unspecified atom stereocenters. The largest absolute Gasteiger partial charge is 0.374 e. The first-order valence-electron chi connectivity index (χ1n) is 5.90. The zero-order valence-electron chi connectivity index (χ0n) is 9.69. The lowest BCUT2D eigenvalue weighted by Crippen LogP contribution is -2.30. The second-order valence-electron chi connectivity index (χ2n) is 4.26. The van der Waals surface area contributed by atoms with E-state index in [0.717, 1.165) is 25.3 Å². The van der Waals surface area contributed by atoms with E-state index in [9.17, 15) is 0 Å². The molecule has 0 saturated heterocycles. The molecule has 86 valence electrons. The van der Waals surface area contributed by atoms with Gasteiger partial charge in [0.15, 0.2) is 0 Å². The van der Waals surface area contributed by atoms with Gasteiger partial charge in [-0.2, -0.15) is 10.2 Å². The fraction of sp³-hybridized carbons (Fsp3) is 0.583. The lowest BCUT2D eigenvalue weighted by molar-refractivity contribution is 0.706. The molecule has 0 radical (unpaired) electrons. The van der Waals surface area contributed by atoms with Crippen molar-refractivity contribution in [2.45, 2.75) is 26.2 Å². The molecule has 4 heteroatoms. The lowest BCUT2D eigenvalue weighted by atomic mass is 10.0.